The average molecular weight is 174 g/mol. The van der Waals surface area contributed by atoms with Gasteiger partial charge in [-0.05, 0) is 24.8 Å². The van der Waals surface area contributed by atoms with E-state index in [0.29, 0.717) is 0 Å². The first-order chi connectivity index (χ1) is 5.79. The largest absolute Gasteiger partial charge is 0.266 e. The van der Waals surface area contributed by atoms with Crippen molar-refractivity contribution in [1.29, 1.82) is 0 Å². The smallest absolute Gasteiger partial charge is 0.174 e. The third-order valence-corrected chi connectivity index (χ3v) is 2.51. The number of hydrogen-bond acceptors (Lipinski definition) is 0. The Morgan fingerprint density at radius 1 is 0.917 bits per heavy atom. The van der Waals surface area contributed by atoms with Crippen LogP contribution in [0.3, 0.4) is 0 Å². The van der Waals surface area contributed by atoms with Gasteiger partial charge in [-0.1, -0.05) is 32.1 Å². The van der Waals surface area contributed by atoms with Crippen LogP contribution in [0.4, 0.5) is 8.78 Å². The van der Waals surface area contributed by atoms with Gasteiger partial charge in [0.25, 0.3) is 6.08 Å². The standard InChI is InChI=1S/C10H16F2/c11-10(12)8-9-6-4-2-1-3-5-7-9/h8-9H,1-7H2. The van der Waals surface area contributed by atoms with Crippen molar-refractivity contribution in [3.63, 3.8) is 0 Å². The van der Waals surface area contributed by atoms with E-state index in [9.17, 15) is 8.78 Å². The number of halogens is 2. The minimum absolute atomic E-state index is 0.148. The Kier molecular flexibility index (Phi) is 4.26. The molecule has 1 aliphatic rings. The lowest BCUT2D eigenvalue weighted by atomic mass is 9.91. The maximum absolute atomic E-state index is 11.9. The van der Waals surface area contributed by atoms with Gasteiger partial charge >= 0.3 is 0 Å². The summed E-state index contributed by atoms with van der Waals surface area (Å²) in [5.41, 5.74) is 0. The molecule has 0 unspecified atom stereocenters. The molecule has 1 rings (SSSR count). The predicted molar refractivity (Wildman–Crippen MR) is 46.1 cm³/mol. The molecule has 0 aromatic carbocycles. The third kappa shape index (κ3) is 3.84. The molecular weight excluding hydrogens is 158 g/mol. The van der Waals surface area contributed by atoms with Crippen LogP contribution < -0.4 is 0 Å². The minimum Gasteiger partial charge on any atom is -0.174 e. The summed E-state index contributed by atoms with van der Waals surface area (Å²) in [7, 11) is 0. The fourth-order valence-corrected chi connectivity index (χ4v) is 1.83. The topological polar surface area (TPSA) is 0 Å². The van der Waals surface area contributed by atoms with Crippen molar-refractivity contribution in [2.45, 2.75) is 44.9 Å². The Bertz CT molecular complexity index is 140. The van der Waals surface area contributed by atoms with Crippen molar-refractivity contribution in [1.82, 2.24) is 0 Å². The molecule has 0 aromatic heterocycles. The van der Waals surface area contributed by atoms with E-state index in [-0.39, 0.29) is 5.92 Å². The molecule has 12 heavy (non-hydrogen) atoms. The van der Waals surface area contributed by atoms with Gasteiger partial charge in [0.2, 0.25) is 0 Å². The Morgan fingerprint density at radius 2 is 1.42 bits per heavy atom. The van der Waals surface area contributed by atoms with E-state index in [1.54, 1.807) is 0 Å². The van der Waals surface area contributed by atoms with E-state index in [2.05, 4.69) is 0 Å². The minimum atomic E-state index is -1.50. The molecule has 70 valence electrons. The van der Waals surface area contributed by atoms with E-state index in [1.165, 1.54) is 19.3 Å². The second kappa shape index (κ2) is 5.28. The van der Waals surface area contributed by atoms with E-state index in [0.717, 1.165) is 31.8 Å². The molecular formula is C10H16F2. The molecule has 0 nitrogen and oxygen atoms in total. The maximum atomic E-state index is 11.9. The van der Waals surface area contributed by atoms with Crippen LogP contribution in [-0.4, -0.2) is 0 Å². The van der Waals surface area contributed by atoms with Gasteiger partial charge in [-0.2, -0.15) is 8.78 Å². The van der Waals surface area contributed by atoms with E-state index >= 15 is 0 Å². The number of rotatable bonds is 1. The van der Waals surface area contributed by atoms with Gasteiger partial charge in [0.15, 0.2) is 0 Å². The van der Waals surface area contributed by atoms with Crippen LogP contribution in [0.2, 0.25) is 0 Å². The summed E-state index contributed by atoms with van der Waals surface area (Å²) in [5.74, 6) is 0.148. The first kappa shape index (κ1) is 9.69. The summed E-state index contributed by atoms with van der Waals surface area (Å²) in [5, 5.41) is 0. The van der Waals surface area contributed by atoms with Crippen molar-refractivity contribution in [2.75, 3.05) is 0 Å². The summed E-state index contributed by atoms with van der Waals surface area (Å²) < 4.78 is 23.8. The number of allylic oxidation sites excluding steroid dienone is 1. The zero-order chi connectivity index (χ0) is 8.81. The third-order valence-electron chi connectivity index (χ3n) is 2.51. The fraction of sp³-hybridized carbons (Fsp3) is 0.800. The van der Waals surface area contributed by atoms with Crippen molar-refractivity contribution < 1.29 is 8.78 Å². The van der Waals surface area contributed by atoms with Crippen molar-refractivity contribution >= 4 is 0 Å². The SMILES string of the molecule is FC(F)=CC1CCCCCCC1. The second-order valence-corrected chi connectivity index (χ2v) is 3.56. The molecule has 0 aromatic rings. The molecule has 0 heterocycles. The molecule has 0 bridgehead atoms. The van der Waals surface area contributed by atoms with Gasteiger partial charge in [0.1, 0.15) is 0 Å². The van der Waals surface area contributed by atoms with Crippen LogP contribution in [0.25, 0.3) is 0 Å². The quantitative estimate of drug-likeness (QED) is 0.560. The molecule has 0 spiro atoms. The van der Waals surface area contributed by atoms with Crippen molar-refractivity contribution in [3.8, 4) is 0 Å². The molecule has 0 aliphatic heterocycles. The molecule has 0 atom stereocenters. The Balaban J connectivity index is 2.34. The van der Waals surface area contributed by atoms with Crippen LogP contribution in [0, 0.1) is 5.92 Å². The lowest BCUT2D eigenvalue weighted by Crippen LogP contribution is -2.00. The molecule has 0 radical (unpaired) electrons. The highest BCUT2D eigenvalue weighted by Crippen LogP contribution is 2.24. The van der Waals surface area contributed by atoms with Gasteiger partial charge < -0.3 is 0 Å². The zero-order valence-electron chi connectivity index (χ0n) is 7.36. The van der Waals surface area contributed by atoms with Gasteiger partial charge in [0.05, 0.1) is 0 Å². The highest BCUT2D eigenvalue weighted by Gasteiger charge is 2.09. The van der Waals surface area contributed by atoms with Gasteiger partial charge in [-0.25, -0.2) is 0 Å². The predicted octanol–water partition coefficient (Wildman–Crippen LogP) is 4.13. The highest BCUT2D eigenvalue weighted by molar-refractivity contribution is 4.88. The first-order valence-electron chi connectivity index (χ1n) is 4.82. The Labute approximate surface area is 72.7 Å². The normalized spacial score (nSPS) is 21.2. The zero-order valence-corrected chi connectivity index (χ0v) is 7.36. The number of hydrogen-bond donors (Lipinski definition) is 0. The van der Waals surface area contributed by atoms with Gasteiger partial charge in [-0.3, -0.25) is 0 Å². The Morgan fingerprint density at radius 3 is 1.92 bits per heavy atom. The monoisotopic (exact) mass is 174 g/mol. The maximum Gasteiger partial charge on any atom is 0.266 e. The van der Waals surface area contributed by atoms with Crippen LogP contribution in [0.5, 0.6) is 0 Å². The summed E-state index contributed by atoms with van der Waals surface area (Å²) in [6.07, 6.45) is 7.52. The van der Waals surface area contributed by atoms with Crippen molar-refractivity contribution in [2.24, 2.45) is 5.92 Å². The van der Waals surface area contributed by atoms with Crippen LogP contribution >= 0.6 is 0 Å². The summed E-state index contributed by atoms with van der Waals surface area (Å²) in [6.45, 7) is 0. The van der Waals surface area contributed by atoms with E-state index in [1.807, 2.05) is 0 Å². The molecule has 0 amide bonds. The molecule has 1 fully saturated rings. The van der Waals surface area contributed by atoms with Crippen molar-refractivity contribution in [3.05, 3.63) is 12.2 Å². The van der Waals surface area contributed by atoms with Crippen LogP contribution in [0.15, 0.2) is 12.2 Å². The van der Waals surface area contributed by atoms with Crippen LogP contribution in [0.1, 0.15) is 44.9 Å². The second-order valence-electron chi connectivity index (χ2n) is 3.56. The van der Waals surface area contributed by atoms with Gasteiger partial charge in [0, 0.05) is 0 Å². The molecule has 0 N–H and O–H groups in total. The Hall–Kier alpha value is -0.400. The van der Waals surface area contributed by atoms with E-state index in [4.69, 9.17) is 0 Å². The summed E-state index contributed by atoms with van der Waals surface area (Å²) in [4.78, 5) is 0. The van der Waals surface area contributed by atoms with Crippen LogP contribution in [-0.2, 0) is 0 Å². The molecule has 1 saturated carbocycles. The summed E-state index contributed by atoms with van der Waals surface area (Å²) >= 11 is 0. The summed E-state index contributed by atoms with van der Waals surface area (Å²) in [6, 6.07) is 0. The fourth-order valence-electron chi connectivity index (χ4n) is 1.83. The molecule has 2 heteroatoms. The first-order valence-corrected chi connectivity index (χ1v) is 4.82. The van der Waals surface area contributed by atoms with E-state index < -0.39 is 6.08 Å². The molecule has 1 aliphatic carbocycles. The highest BCUT2D eigenvalue weighted by atomic mass is 19.3. The van der Waals surface area contributed by atoms with Gasteiger partial charge in [-0.15, -0.1) is 0 Å². The lowest BCUT2D eigenvalue weighted by molar-refractivity contribution is 0.383. The molecule has 0 saturated heterocycles. The lowest BCUT2D eigenvalue weighted by Gasteiger charge is -2.15. The average Bonchev–Trinajstić information content (AvgIpc) is 1.93.